The van der Waals surface area contributed by atoms with E-state index in [1.807, 2.05) is 6.07 Å². The molecule has 5 rings (SSSR count). The van der Waals surface area contributed by atoms with Crippen molar-refractivity contribution in [2.75, 3.05) is 23.0 Å². The highest BCUT2D eigenvalue weighted by atomic mass is 19.1. The highest BCUT2D eigenvalue weighted by Crippen LogP contribution is 2.47. The van der Waals surface area contributed by atoms with Crippen LogP contribution in [0, 0.1) is 11.2 Å². The van der Waals surface area contributed by atoms with Crippen LogP contribution in [0.25, 0.3) is 10.9 Å². The molecular weight excluding hydrogens is 489 g/mol. The number of pyridine rings is 1. The number of rotatable bonds is 7. The Bertz CT molecular complexity index is 1520. The predicted molar refractivity (Wildman–Crippen MR) is 142 cm³/mol. The molecule has 3 aromatic carbocycles. The summed E-state index contributed by atoms with van der Waals surface area (Å²) in [7, 11) is 1.54. The molecule has 9 nitrogen and oxygen atoms in total. The molecule has 1 aliphatic carbocycles. The zero-order valence-electron chi connectivity index (χ0n) is 20.4. The number of urea groups is 1. The number of halogens is 1. The summed E-state index contributed by atoms with van der Waals surface area (Å²) in [6.07, 6.45) is 2.48. The fraction of sp³-hybridized carbons (Fsp3) is 0.143. The Kier molecular flexibility index (Phi) is 6.61. The van der Waals surface area contributed by atoms with Crippen molar-refractivity contribution in [3.63, 3.8) is 0 Å². The Balaban J connectivity index is 1.24. The predicted octanol–water partition coefficient (Wildman–Crippen LogP) is 5.27. The van der Waals surface area contributed by atoms with Crippen molar-refractivity contribution in [3.8, 4) is 11.5 Å². The van der Waals surface area contributed by atoms with E-state index in [0.29, 0.717) is 46.9 Å². The van der Waals surface area contributed by atoms with Crippen LogP contribution < -0.4 is 26.0 Å². The maximum Gasteiger partial charge on any atom is 0.318 e. The second-order valence-corrected chi connectivity index (χ2v) is 8.87. The third kappa shape index (κ3) is 5.24. The van der Waals surface area contributed by atoms with Crippen LogP contribution in [-0.2, 0) is 9.59 Å². The minimum atomic E-state index is -1.15. The maximum atomic E-state index is 13.1. The molecule has 10 heteroatoms. The fourth-order valence-electron chi connectivity index (χ4n) is 3.93. The molecule has 4 aromatic rings. The molecular formula is C28H24FN5O4. The van der Waals surface area contributed by atoms with Crippen molar-refractivity contribution < 1.29 is 23.5 Å². The molecule has 1 fully saturated rings. The highest BCUT2D eigenvalue weighted by Gasteiger charge is 2.56. The van der Waals surface area contributed by atoms with Crippen LogP contribution in [0.5, 0.6) is 11.5 Å². The van der Waals surface area contributed by atoms with Gasteiger partial charge >= 0.3 is 6.03 Å². The van der Waals surface area contributed by atoms with Crippen molar-refractivity contribution in [1.29, 1.82) is 0 Å². The molecule has 38 heavy (non-hydrogen) atoms. The first-order valence-electron chi connectivity index (χ1n) is 11.9. The van der Waals surface area contributed by atoms with Crippen molar-refractivity contribution in [3.05, 3.63) is 84.8 Å². The number of nitrogens with one attached hydrogen (secondary N) is 4. The van der Waals surface area contributed by atoms with E-state index in [4.69, 9.17) is 4.74 Å². The average Bonchev–Trinajstić information content (AvgIpc) is 3.73. The molecule has 4 N–H and O–H groups in total. The van der Waals surface area contributed by atoms with E-state index in [0.717, 1.165) is 5.39 Å². The standard InChI is InChI=1S/C28H24FN5O4/c1-30-27(37)34-20-8-11-22-23(16-20)31-15-12-24(22)38-21-9-6-19(7-10-21)33-26(36)28(13-14-28)25(35)32-18-4-2-17(29)3-5-18/h2-12,15-16H,13-14H2,1H3,(H,32,35)(H,33,36)(H2,30,34,37). The van der Waals surface area contributed by atoms with E-state index in [1.165, 1.54) is 31.3 Å². The molecule has 1 aromatic heterocycles. The van der Waals surface area contributed by atoms with Gasteiger partial charge in [0.05, 0.1) is 5.52 Å². The quantitative estimate of drug-likeness (QED) is 0.251. The van der Waals surface area contributed by atoms with Crippen molar-refractivity contribution in [1.82, 2.24) is 10.3 Å². The number of ether oxygens (including phenoxy) is 1. The first-order valence-corrected chi connectivity index (χ1v) is 11.9. The van der Waals surface area contributed by atoms with Crippen LogP contribution in [0.15, 0.2) is 79.0 Å². The van der Waals surface area contributed by atoms with Gasteiger partial charge in [-0.15, -0.1) is 0 Å². The summed E-state index contributed by atoms with van der Waals surface area (Å²) in [6.45, 7) is 0. The number of amides is 4. The minimum Gasteiger partial charge on any atom is -0.457 e. The van der Waals surface area contributed by atoms with Gasteiger partial charge in [0, 0.05) is 35.7 Å². The Hall–Kier alpha value is -4.99. The molecule has 0 atom stereocenters. The summed E-state index contributed by atoms with van der Waals surface area (Å²) >= 11 is 0. The van der Waals surface area contributed by atoms with Crippen molar-refractivity contribution >= 4 is 45.8 Å². The Labute approximate surface area is 217 Å². The lowest BCUT2D eigenvalue weighted by molar-refractivity contribution is -0.131. The molecule has 1 heterocycles. The summed E-state index contributed by atoms with van der Waals surface area (Å²) < 4.78 is 19.2. The van der Waals surface area contributed by atoms with E-state index in [1.54, 1.807) is 48.7 Å². The van der Waals surface area contributed by atoms with E-state index in [2.05, 4.69) is 26.3 Å². The Morgan fingerprint density at radius 2 is 1.42 bits per heavy atom. The third-order valence-corrected chi connectivity index (χ3v) is 6.25. The number of aromatic nitrogens is 1. The van der Waals surface area contributed by atoms with Gasteiger partial charge in [0.1, 0.15) is 22.7 Å². The normalized spacial score (nSPS) is 13.3. The van der Waals surface area contributed by atoms with Gasteiger partial charge in [0.15, 0.2) is 0 Å². The van der Waals surface area contributed by atoms with Gasteiger partial charge in [0.25, 0.3) is 0 Å². The molecule has 0 radical (unpaired) electrons. The zero-order valence-corrected chi connectivity index (χ0v) is 20.4. The van der Waals surface area contributed by atoms with E-state index in [9.17, 15) is 18.8 Å². The van der Waals surface area contributed by atoms with Crippen LogP contribution in [0.4, 0.5) is 26.2 Å². The first kappa shape index (κ1) is 24.7. The molecule has 0 saturated heterocycles. The van der Waals surface area contributed by atoms with E-state index >= 15 is 0 Å². The van der Waals surface area contributed by atoms with E-state index < -0.39 is 23.0 Å². The second-order valence-electron chi connectivity index (χ2n) is 8.87. The molecule has 1 aliphatic rings. The van der Waals surface area contributed by atoms with E-state index in [-0.39, 0.29) is 6.03 Å². The third-order valence-electron chi connectivity index (χ3n) is 6.25. The first-order chi connectivity index (χ1) is 18.4. The lowest BCUT2D eigenvalue weighted by atomic mass is 10.0. The van der Waals surface area contributed by atoms with Gasteiger partial charge in [-0.3, -0.25) is 14.6 Å². The number of carbonyl (C=O) groups is 3. The summed E-state index contributed by atoms with van der Waals surface area (Å²) in [5.74, 6) is -0.103. The van der Waals surface area contributed by atoms with Gasteiger partial charge in [-0.05, 0) is 85.6 Å². The van der Waals surface area contributed by atoms with Crippen LogP contribution >= 0.6 is 0 Å². The zero-order chi connectivity index (χ0) is 26.7. The largest absolute Gasteiger partial charge is 0.457 e. The van der Waals surface area contributed by atoms with Crippen LogP contribution in [0.3, 0.4) is 0 Å². The van der Waals surface area contributed by atoms with Crippen molar-refractivity contribution in [2.24, 2.45) is 5.41 Å². The molecule has 0 aliphatic heterocycles. The number of hydrogen-bond donors (Lipinski definition) is 4. The lowest BCUT2D eigenvalue weighted by Gasteiger charge is -2.16. The highest BCUT2D eigenvalue weighted by molar-refractivity contribution is 6.16. The number of nitrogens with zero attached hydrogens (tertiary/aromatic N) is 1. The summed E-state index contributed by atoms with van der Waals surface area (Å²) in [5.41, 5.74) is 1.05. The van der Waals surface area contributed by atoms with Crippen LogP contribution in [0.1, 0.15) is 12.8 Å². The van der Waals surface area contributed by atoms with Gasteiger partial charge in [0.2, 0.25) is 11.8 Å². The number of benzene rings is 3. The second kappa shape index (κ2) is 10.2. The van der Waals surface area contributed by atoms with Crippen LogP contribution in [-0.4, -0.2) is 29.9 Å². The molecule has 0 bridgehead atoms. The Morgan fingerprint density at radius 1 is 0.816 bits per heavy atom. The van der Waals surface area contributed by atoms with Gasteiger partial charge < -0.3 is 26.0 Å². The lowest BCUT2D eigenvalue weighted by Crippen LogP contribution is -2.35. The average molecular weight is 514 g/mol. The smallest absolute Gasteiger partial charge is 0.318 e. The molecule has 0 spiro atoms. The molecule has 1 saturated carbocycles. The van der Waals surface area contributed by atoms with Gasteiger partial charge in [-0.25, -0.2) is 9.18 Å². The van der Waals surface area contributed by atoms with Gasteiger partial charge in [-0.2, -0.15) is 0 Å². The minimum absolute atomic E-state index is 0.329. The SMILES string of the molecule is CNC(=O)Nc1ccc2c(Oc3ccc(NC(=O)C4(C(=O)Nc5ccc(F)cc5)CC4)cc3)ccnc2c1. The van der Waals surface area contributed by atoms with Crippen molar-refractivity contribution in [2.45, 2.75) is 12.8 Å². The number of anilines is 3. The number of carbonyl (C=O) groups excluding carboxylic acids is 3. The fourth-order valence-corrected chi connectivity index (χ4v) is 3.93. The number of hydrogen-bond acceptors (Lipinski definition) is 5. The summed E-state index contributed by atoms with van der Waals surface area (Å²) in [6, 6.07) is 18.9. The number of fused-ring (bicyclic) bond motifs is 1. The van der Waals surface area contributed by atoms with Crippen LogP contribution in [0.2, 0.25) is 0 Å². The monoisotopic (exact) mass is 513 g/mol. The molecule has 0 unspecified atom stereocenters. The maximum absolute atomic E-state index is 13.1. The Morgan fingerprint density at radius 3 is 2.03 bits per heavy atom. The summed E-state index contributed by atoms with van der Waals surface area (Å²) in [5, 5.41) is 11.5. The summed E-state index contributed by atoms with van der Waals surface area (Å²) in [4.78, 5) is 41.6. The molecule has 4 amide bonds. The topological polar surface area (TPSA) is 121 Å². The van der Waals surface area contributed by atoms with Gasteiger partial charge in [-0.1, -0.05) is 0 Å². The molecule has 192 valence electrons.